The molecule has 3 saturated heterocycles. The Kier molecular flexibility index (Phi) is 6.11. The first-order valence-corrected chi connectivity index (χ1v) is 12.2. The lowest BCUT2D eigenvalue weighted by atomic mass is 9.70. The molecule has 2 bridgehead atoms. The van der Waals surface area contributed by atoms with Gasteiger partial charge in [-0.2, -0.15) is 0 Å². The van der Waals surface area contributed by atoms with Crippen molar-refractivity contribution in [3.8, 4) is 0 Å². The fourth-order valence-electron chi connectivity index (χ4n) is 6.19. The zero-order valence-corrected chi connectivity index (χ0v) is 20.0. The van der Waals surface area contributed by atoms with Crippen LogP contribution in [0.25, 0.3) is 0 Å². The number of aliphatic hydroxyl groups is 1. The molecule has 3 heterocycles. The lowest BCUT2D eigenvalue weighted by molar-refractivity contribution is -0.139. The number of aryl methyl sites for hydroxylation is 2. The van der Waals surface area contributed by atoms with Gasteiger partial charge in [-0.3, -0.25) is 14.4 Å². The molecule has 3 N–H and O–H groups in total. The summed E-state index contributed by atoms with van der Waals surface area (Å²) in [4.78, 5) is 42.4. The van der Waals surface area contributed by atoms with E-state index >= 15 is 0 Å². The van der Waals surface area contributed by atoms with Crippen molar-refractivity contribution in [1.82, 2.24) is 4.90 Å². The second-order valence-corrected chi connectivity index (χ2v) is 9.78. The van der Waals surface area contributed by atoms with Crippen LogP contribution in [-0.2, 0) is 19.1 Å². The van der Waals surface area contributed by atoms with Gasteiger partial charge in [-0.25, -0.2) is 0 Å². The number of nitrogens with one attached hydrogen (secondary N) is 2. The third-order valence-corrected chi connectivity index (χ3v) is 7.68. The van der Waals surface area contributed by atoms with Crippen LogP contribution in [0.2, 0.25) is 0 Å². The third kappa shape index (κ3) is 3.81. The van der Waals surface area contributed by atoms with Crippen molar-refractivity contribution in [2.75, 3.05) is 23.8 Å². The molecule has 5 rings (SSSR count). The van der Waals surface area contributed by atoms with Crippen molar-refractivity contribution >= 4 is 29.1 Å². The molecule has 8 nitrogen and oxygen atoms in total. The van der Waals surface area contributed by atoms with Crippen molar-refractivity contribution in [3.05, 3.63) is 59.7 Å². The zero-order valence-electron chi connectivity index (χ0n) is 20.0. The second-order valence-electron chi connectivity index (χ2n) is 9.78. The lowest BCUT2D eigenvalue weighted by Gasteiger charge is -2.33. The Hall–Kier alpha value is -3.23. The van der Waals surface area contributed by atoms with Gasteiger partial charge in [-0.05, 0) is 56.4 Å². The quantitative estimate of drug-likeness (QED) is 0.568. The molecule has 3 amide bonds. The summed E-state index contributed by atoms with van der Waals surface area (Å²) < 4.78 is 6.42. The van der Waals surface area contributed by atoms with Crippen molar-refractivity contribution in [3.63, 3.8) is 0 Å². The first-order chi connectivity index (χ1) is 16.9. The van der Waals surface area contributed by atoms with Gasteiger partial charge in [0.25, 0.3) is 0 Å². The van der Waals surface area contributed by atoms with Crippen LogP contribution in [-0.4, -0.2) is 58.6 Å². The molecule has 5 atom stereocenters. The normalized spacial score (nSPS) is 28.8. The van der Waals surface area contributed by atoms with E-state index in [1.165, 1.54) is 4.90 Å². The van der Waals surface area contributed by atoms with Crippen LogP contribution in [0, 0.1) is 25.7 Å². The molecular weight excluding hydrogens is 446 g/mol. The lowest BCUT2D eigenvalue weighted by Crippen LogP contribution is -2.53. The van der Waals surface area contributed by atoms with E-state index in [1.54, 1.807) is 12.1 Å². The van der Waals surface area contributed by atoms with Crippen LogP contribution in [0.15, 0.2) is 48.5 Å². The van der Waals surface area contributed by atoms with Crippen LogP contribution < -0.4 is 10.6 Å². The van der Waals surface area contributed by atoms with Crippen LogP contribution in [0.3, 0.4) is 0 Å². The predicted molar refractivity (Wildman–Crippen MR) is 131 cm³/mol. The van der Waals surface area contributed by atoms with Gasteiger partial charge in [-0.15, -0.1) is 0 Å². The number of ether oxygens (including phenoxy) is 1. The molecule has 1 spiro atoms. The van der Waals surface area contributed by atoms with Gasteiger partial charge in [0.15, 0.2) is 0 Å². The number of anilines is 2. The maximum Gasteiger partial charge on any atom is 0.250 e. The Labute approximate surface area is 204 Å². The van der Waals surface area contributed by atoms with Gasteiger partial charge < -0.3 is 25.4 Å². The summed E-state index contributed by atoms with van der Waals surface area (Å²) in [5.41, 5.74) is 2.17. The average Bonchev–Trinajstić information content (AvgIpc) is 3.48. The molecule has 0 aromatic heterocycles. The summed E-state index contributed by atoms with van der Waals surface area (Å²) in [6.45, 7) is 3.97. The number of rotatable bonds is 7. The highest BCUT2D eigenvalue weighted by atomic mass is 16.5. The average molecular weight is 478 g/mol. The van der Waals surface area contributed by atoms with Crippen molar-refractivity contribution in [2.24, 2.45) is 11.8 Å². The topological polar surface area (TPSA) is 108 Å². The Bertz CT molecular complexity index is 1130. The van der Waals surface area contributed by atoms with E-state index in [9.17, 15) is 19.5 Å². The van der Waals surface area contributed by atoms with E-state index in [0.29, 0.717) is 24.9 Å². The summed E-state index contributed by atoms with van der Waals surface area (Å²) in [5, 5.41) is 15.4. The van der Waals surface area contributed by atoms with Crippen LogP contribution in [0.4, 0.5) is 11.4 Å². The number of aliphatic hydroxyl groups excluding tert-OH is 1. The molecule has 0 radical (unpaired) electrons. The van der Waals surface area contributed by atoms with Crippen molar-refractivity contribution in [2.45, 2.75) is 50.9 Å². The molecule has 0 aliphatic carbocycles. The third-order valence-electron chi connectivity index (χ3n) is 7.68. The number of amides is 3. The van der Waals surface area contributed by atoms with Crippen LogP contribution in [0.5, 0.6) is 0 Å². The number of benzene rings is 2. The fraction of sp³-hybridized carbons (Fsp3) is 0.444. The van der Waals surface area contributed by atoms with E-state index in [2.05, 4.69) is 10.6 Å². The number of fused-ring (bicyclic) bond motifs is 1. The largest absolute Gasteiger partial charge is 0.396 e. The first-order valence-electron chi connectivity index (χ1n) is 12.2. The highest BCUT2D eigenvalue weighted by molar-refractivity contribution is 6.05. The molecule has 3 fully saturated rings. The highest BCUT2D eigenvalue weighted by Gasteiger charge is 2.74. The molecule has 2 unspecified atom stereocenters. The maximum absolute atomic E-state index is 13.8. The van der Waals surface area contributed by atoms with Gasteiger partial charge in [0.1, 0.15) is 11.6 Å². The molecule has 2 aromatic carbocycles. The fourth-order valence-corrected chi connectivity index (χ4v) is 6.19. The number of nitrogens with zero attached hydrogens (tertiary/aromatic N) is 1. The van der Waals surface area contributed by atoms with Gasteiger partial charge >= 0.3 is 0 Å². The minimum absolute atomic E-state index is 0.103. The van der Waals surface area contributed by atoms with Crippen LogP contribution >= 0.6 is 0 Å². The second kappa shape index (κ2) is 9.09. The molecule has 35 heavy (non-hydrogen) atoms. The Morgan fingerprint density at radius 3 is 2.46 bits per heavy atom. The van der Waals surface area contributed by atoms with E-state index in [-0.39, 0.29) is 30.9 Å². The number of para-hydroxylation sites is 2. The molecule has 184 valence electrons. The Balaban J connectivity index is 1.47. The molecule has 2 aromatic rings. The number of hydrogen-bond acceptors (Lipinski definition) is 5. The van der Waals surface area contributed by atoms with E-state index in [1.807, 2.05) is 50.2 Å². The number of carbonyl (C=O) groups is 3. The van der Waals surface area contributed by atoms with E-state index < -0.39 is 29.6 Å². The standard InChI is InChI=1S/C27H31N3O5/c1-16-8-6-9-17(2)22(16)29-25(33)23-27-13-12-19(35-27)20(21(27)26(34)30(23)14-7-15-31)24(32)28-18-10-4-3-5-11-18/h3-6,8-11,19-21,23,31H,7,12-15H2,1-2H3,(H,28,32)(H,29,33)/t19-,20+,21+,23?,27?/m1/s1. The SMILES string of the molecule is Cc1cccc(C)c1NC(=O)C1N(CCCO)C(=O)[C@@H]2[C@@H](C(=O)Nc3ccccc3)[C@H]3CCC12O3. The summed E-state index contributed by atoms with van der Waals surface area (Å²) in [6, 6.07) is 14.0. The van der Waals surface area contributed by atoms with Gasteiger partial charge in [-0.1, -0.05) is 36.4 Å². The summed E-state index contributed by atoms with van der Waals surface area (Å²) in [5.74, 6) is -2.25. The van der Waals surface area contributed by atoms with E-state index in [0.717, 1.165) is 16.8 Å². The summed E-state index contributed by atoms with van der Waals surface area (Å²) >= 11 is 0. The number of hydrogen-bond donors (Lipinski definition) is 3. The molecule has 3 aliphatic rings. The van der Waals surface area contributed by atoms with Gasteiger partial charge in [0, 0.05) is 24.5 Å². The zero-order chi connectivity index (χ0) is 24.7. The summed E-state index contributed by atoms with van der Waals surface area (Å²) in [6.07, 6.45) is 1.07. The van der Waals surface area contributed by atoms with Gasteiger partial charge in [0.2, 0.25) is 17.7 Å². The van der Waals surface area contributed by atoms with Crippen molar-refractivity contribution < 1.29 is 24.2 Å². The predicted octanol–water partition coefficient (Wildman–Crippen LogP) is 2.64. The monoisotopic (exact) mass is 477 g/mol. The number of carbonyl (C=O) groups excluding carboxylic acids is 3. The minimum atomic E-state index is -1.06. The van der Waals surface area contributed by atoms with Gasteiger partial charge in [0.05, 0.1) is 17.9 Å². The highest BCUT2D eigenvalue weighted by Crippen LogP contribution is 2.58. The summed E-state index contributed by atoms with van der Waals surface area (Å²) in [7, 11) is 0. The van der Waals surface area contributed by atoms with Crippen molar-refractivity contribution in [1.29, 1.82) is 0 Å². The number of likely N-dealkylation sites (tertiary alicyclic amines) is 1. The Morgan fingerprint density at radius 2 is 1.77 bits per heavy atom. The first kappa shape index (κ1) is 23.5. The maximum atomic E-state index is 13.8. The molecule has 0 saturated carbocycles. The molecule has 8 heteroatoms. The Morgan fingerprint density at radius 1 is 1.06 bits per heavy atom. The minimum Gasteiger partial charge on any atom is -0.396 e. The smallest absolute Gasteiger partial charge is 0.250 e. The van der Waals surface area contributed by atoms with E-state index in [4.69, 9.17) is 4.74 Å². The van der Waals surface area contributed by atoms with Crippen LogP contribution in [0.1, 0.15) is 30.4 Å². The molecular formula is C27H31N3O5. The molecule has 3 aliphatic heterocycles.